The minimum atomic E-state index is -0.389. The highest BCUT2D eigenvalue weighted by Crippen LogP contribution is 2.29. The van der Waals surface area contributed by atoms with Crippen LogP contribution in [0.15, 0.2) is 53.6 Å². The molecule has 0 spiro atoms. The zero-order valence-corrected chi connectivity index (χ0v) is 15.7. The molecule has 0 unspecified atom stereocenters. The molecule has 0 aliphatic heterocycles. The maximum absolute atomic E-state index is 12.3. The average molecular weight is 387 g/mol. The van der Waals surface area contributed by atoms with Crippen LogP contribution in [0.4, 0.5) is 0 Å². The van der Waals surface area contributed by atoms with Gasteiger partial charge in [-0.3, -0.25) is 9.89 Å². The number of amides is 1. The van der Waals surface area contributed by atoms with Crippen molar-refractivity contribution in [3.05, 3.63) is 75.4 Å². The number of benzene rings is 2. The molecule has 3 rings (SSSR count). The van der Waals surface area contributed by atoms with Gasteiger partial charge in [-0.1, -0.05) is 53.0 Å². The third-order valence-corrected chi connectivity index (χ3v) is 4.37. The van der Waals surface area contributed by atoms with Crippen LogP contribution in [0.3, 0.4) is 0 Å². The molecule has 7 heteroatoms. The third kappa shape index (κ3) is 4.12. The molecule has 1 heterocycles. The highest BCUT2D eigenvalue weighted by molar-refractivity contribution is 6.36. The average Bonchev–Trinajstić information content (AvgIpc) is 3.10. The quantitative estimate of drug-likeness (QED) is 0.497. The van der Waals surface area contributed by atoms with Crippen LogP contribution in [0.5, 0.6) is 0 Å². The molecule has 0 aliphatic rings. The fourth-order valence-corrected chi connectivity index (χ4v) is 2.83. The predicted octanol–water partition coefficient (Wildman–Crippen LogP) is 4.85. The van der Waals surface area contributed by atoms with Crippen molar-refractivity contribution in [1.29, 1.82) is 0 Å². The van der Waals surface area contributed by atoms with E-state index < -0.39 is 0 Å². The number of carbonyl (C=O) groups is 1. The number of rotatable bonds is 4. The van der Waals surface area contributed by atoms with E-state index in [-0.39, 0.29) is 11.6 Å². The smallest absolute Gasteiger partial charge is 0.272 e. The van der Waals surface area contributed by atoms with Crippen molar-refractivity contribution in [1.82, 2.24) is 15.6 Å². The van der Waals surface area contributed by atoms with Crippen LogP contribution in [-0.2, 0) is 0 Å². The van der Waals surface area contributed by atoms with Gasteiger partial charge in [0.1, 0.15) is 5.69 Å². The summed E-state index contributed by atoms with van der Waals surface area (Å²) in [5.74, 6) is -0.389. The van der Waals surface area contributed by atoms with E-state index in [0.29, 0.717) is 27.0 Å². The molecule has 0 fully saturated rings. The molecule has 1 aromatic heterocycles. The van der Waals surface area contributed by atoms with E-state index in [1.807, 2.05) is 38.1 Å². The molecule has 0 radical (unpaired) electrons. The van der Waals surface area contributed by atoms with Crippen molar-refractivity contribution >= 4 is 34.8 Å². The Morgan fingerprint density at radius 2 is 1.85 bits per heavy atom. The largest absolute Gasteiger partial charge is 0.289 e. The molecule has 2 N–H and O–H groups in total. The first-order chi connectivity index (χ1) is 12.4. The molecule has 3 aromatic rings. The van der Waals surface area contributed by atoms with E-state index >= 15 is 0 Å². The molecule has 0 bridgehead atoms. The number of hydrogen-bond acceptors (Lipinski definition) is 3. The maximum Gasteiger partial charge on any atom is 0.289 e. The second-order valence-electron chi connectivity index (χ2n) is 5.80. The van der Waals surface area contributed by atoms with Crippen LogP contribution in [0.25, 0.3) is 11.3 Å². The van der Waals surface area contributed by atoms with E-state index in [2.05, 4.69) is 20.7 Å². The summed E-state index contributed by atoms with van der Waals surface area (Å²) in [5, 5.41) is 12.0. The molecule has 2 aromatic carbocycles. The second-order valence-corrected chi connectivity index (χ2v) is 6.64. The molecule has 0 saturated carbocycles. The molecule has 0 aliphatic carbocycles. The number of nitrogens with one attached hydrogen (secondary N) is 2. The first kappa shape index (κ1) is 18.2. The Morgan fingerprint density at radius 1 is 1.12 bits per heavy atom. The molecular weight excluding hydrogens is 371 g/mol. The van der Waals surface area contributed by atoms with E-state index in [9.17, 15) is 4.79 Å². The number of halogens is 2. The fourth-order valence-electron chi connectivity index (χ4n) is 2.33. The summed E-state index contributed by atoms with van der Waals surface area (Å²) in [5.41, 5.74) is 6.86. The van der Waals surface area contributed by atoms with Gasteiger partial charge >= 0.3 is 0 Å². The van der Waals surface area contributed by atoms with Crippen LogP contribution in [0.1, 0.15) is 28.5 Å². The molecule has 0 saturated heterocycles. The van der Waals surface area contributed by atoms with Gasteiger partial charge in [-0.15, -0.1) is 0 Å². The Balaban J connectivity index is 1.74. The first-order valence-corrected chi connectivity index (χ1v) is 8.62. The van der Waals surface area contributed by atoms with E-state index in [4.69, 9.17) is 23.2 Å². The fraction of sp³-hybridized carbons (Fsp3) is 0.105. The van der Waals surface area contributed by atoms with Crippen molar-refractivity contribution in [3.8, 4) is 11.3 Å². The summed E-state index contributed by atoms with van der Waals surface area (Å²) in [7, 11) is 0. The number of aromatic nitrogens is 2. The lowest BCUT2D eigenvalue weighted by Gasteiger charge is -2.02. The van der Waals surface area contributed by atoms with Crippen molar-refractivity contribution in [3.63, 3.8) is 0 Å². The summed E-state index contributed by atoms with van der Waals surface area (Å²) in [4.78, 5) is 12.3. The van der Waals surface area contributed by atoms with Crippen molar-refractivity contribution in [2.75, 3.05) is 0 Å². The standard InChI is InChI=1S/C19H16Cl2N4O/c1-11-3-5-13(6-4-11)12(2)22-25-19(26)18-10-17(23-24-18)15-8-7-14(20)9-16(15)21/h3-10H,1-2H3,(H,23,24)(H,25,26). The topological polar surface area (TPSA) is 70.1 Å². The molecule has 1 amide bonds. The Hall–Kier alpha value is -2.63. The summed E-state index contributed by atoms with van der Waals surface area (Å²) >= 11 is 12.1. The zero-order chi connectivity index (χ0) is 18.7. The van der Waals surface area contributed by atoms with Gasteiger partial charge in [0.25, 0.3) is 5.91 Å². The van der Waals surface area contributed by atoms with Crippen molar-refractivity contribution in [2.24, 2.45) is 5.10 Å². The SMILES string of the molecule is CC(=NNC(=O)c1cc(-c2ccc(Cl)cc2Cl)n[nH]1)c1ccc(C)cc1. The number of nitrogens with zero attached hydrogens (tertiary/aromatic N) is 2. The van der Waals surface area contributed by atoms with Crippen molar-refractivity contribution < 1.29 is 4.79 Å². The number of aromatic amines is 1. The van der Waals surface area contributed by atoms with Crippen molar-refractivity contribution in [2.45, 2.75) is 13.8 Å². The van der Waals surface area contributed by atoms with Gasteiger partial charge < -0.3 is 0 Å². The molecular formula is C19H16Cl2N4O. The number of carbonyl (C=O) groups excluding carboxylic acids is 1. The zero-order valence-electron chi connectivity index (χ0n) is 14.2. The van der Waals surface area contributed by atoms with Gasteiger partial charge in [0.2, 0.25) is 0 Å². The summed E-state index contributed by atoms with van der Waals surface area (Å²) in [6, 6.07) is 14.6. The van der Waals surface area contributed by atoms with E-state index in [0.717, 1.165) is 11.1 Å². The van der Waals surface area contributed by atoms with Gasteiger partial charge in [-0.25, -0.2) is 5.43 Å². The minimum Gasteiger partial charge on any atom is -0.272 e. The Labute approximate surface area is 161 Å². The van der Waals surface area contributed by atoms with Crippen LogP contribution in [0.2, 0.25) is 10.0 Å². The number of aryl methyl sites for hydroxylation is 1. The highest BCUT2D eigenvalue weighted by atomic mass is 35.5. The Morgan fingerprint density at radius 3 is 2.54 bits per heavy atom. The predicted molar refractivity (Wildman–Crippen MR) is 105 cm³/mol. The van der Waals surface area contributed by atoms with Crippen LogP contribution in [-0.4, -0.2) is 21.8 Å². The molecule has 5 nitrogen and oxygen atoms in total. The Kier molecular flexibility index (Phi) is 5.40. The lowest BCUT2D eigenvalue weighted by Crippen LogP contribution is -2.19. The lowest BCUT2D eigenvalue weighted by atomic mass is 10.1. The van der Waals surface area contributed by atoms with Gasteiger partial charge in [0, 0.05) is 10.6 Å². The summed E-state index contributed by atoms with van der Waals surface area (Å²) < 4.78 is 0. The Bertz CT molecular complexity index is 977. The summed E-state index contributed by atoms with van der Waals surface area (Å²) in [6.07, 6.45) is 0. The molecule has 132 valence electrons. The number of H-pyrrole nitrogens is 1. The third-order valence-electron chi connectivity index (χ3n) is 3.82. The monoisotopic (exact) mass is 386 g/mol. The van der Waals surface area contributed by atoms with Gasteiger partial charge in [-0.05, 0) is 43.7 Å². The van der Waals surface area contributed by atoms with Gasteiger partial charge in [0.15, 0.2) is 0 Å². The minimum absolute atomic E-state index is 0.284. The molecule has 0 atom stereocenters. The maximum atomic E-state index is 12.3. The van der Waals surface area contributed by atoms with Crippen LogP contribution in [0, 0.1) is 6.92 Å². The van der Waals surface area contributed by atoms with Crippen LogP contribution < -0.4 is 5.43 Å². The van der Waals surface area contributed by atoms with E-state index in [1.165, 1.54) is 0 Å². The number of hydrogen-bond donors (Lipinski definition) is 2. The first-order valence-electron chi connectivity index (χ1n) is 7.86. The molecule has 26 heavy (non-hydrogen) atoms. The lowest BCUT2D eigenvalue weighted by molar-refractivity contribution is 0.0950. The summed E-state index contributed by atoms with van der Waals surface area (Å²) in [6.45, 7) is 3.84. The highest BCUT2D eigenvalue weighted by Gasteiger charge is 2.13. The number of hydrazone groups is 1. The normalized spacial score (nSPS) is 11.5. The van der Waals surface area contributed by atoms with Crippen LogP contribution >= 0.6 is 23.2 Å². The van der Waals surface area contributed by atoms with E-state index in [1.54, 1.807) is 24.3 Å². The van der Waals surface area contributed by atoms with Gasteiger partial charge in [0.05, 0.1) is 16.4 Å². The van der Waals surface area contributed by atoms with Gasteiger partial charge in [-0.2, -0.15) is 10.2 Å². The second kappa shape index (κ2) is 7.72.